The number of hydrogen-bond donors (Lipinski definition) is 21. The van der Waals surface area contributed by atoms with Crippen molar-refractivity contribution in [1.29, 1.82) is 0 Å². The van der Waals surface area contributed by atoms with Crippen molar-refractivity contribution in [3.05, 3.63) is 0 Å². The SMILES string of the molecule is N.N.N.N.N.N.N.N.N.N.N.N.N.N.N.N.N.N.N.N.N.[H-].[H-].[H-].[H-].[H-].[H-].[H-].[H-].[H-].[H-].[H-].[H-].[H-].[H-].[H-].[H-].[H-].[H-].[Li+].[Li+].[Li+].[Li+].[Li+].[Li+].[Li+].[Li+].[Li+].[Li+].[Li+].[Li+].[Li+].[Li+].[Li+].[Li+].[Li+].[Li+]. The van der Waals surface area contributed by atoms with Crippen molar-refractivity contribution in [3.8, 4) is 0 Å². The van der Waals surface area contributed by atoms with Gasteiger partial charge in [0.2, 0.25) is 0 Å². The van der Waals surface area contributed by atoms with Gasteiger partial charge in [0, 0.05) is 0 Å². The fourth-order valence-electron chi connectivity index (χ4n) is 0. The van der Waals surface area contributed by atoms with Gasteiger partial charge >= 0.3 is 339 Å². The largest absolute Gasteiger partial charge is 1.00 e. The van der Waals surface area contributed by atoms with Gasteiger partial charge in [0.1, 0.15) is 0 Å². The normalized spacial score (nSPS) is 0. The van der Waals surface area contributed by atoms with Gasteiger partial charge in [-0.25, -0.2) is 0 Å². The van der Waals surface area contributed by atoms with E-state index in [4.69, 9.17) is 0 Å². The molecule has 0 spiro atoms. The third kappa shape index (κ3) is 1030. The Morgan fingerprint density at radius 1 is 0.0769 bits per heavy atom. The zero-order valence-electron chi connectivity index (χ0n) is 50.8. The molecule has 0 fully saturated rings. The Hall–Kier alpha value is 9.91. The molecule has 0 atom stereocenters. The molecule has 0 bridgehead atoms. The van der Waals surface area contributed by atoms with E-state index in [9.17, 15) is 0 Å². The summed E-state index contributed by atoms with van der Waals surface area (Å²) < 4.78 is 0. The molecule has 63 N–H and O–H groups in total. The summed E-state index contributed by atoms with van der Waals surface area (Å²) >= 11 is 0. The molecule has 0 saturated heterocycles. The van der Waals surface area contributed by atoms with Crippen LogP contribution in [0.3, 0.4) is 0 Å². The molecule has 0 aliphatic rings. The van der Waals surface area contributed by atoms with Gasteiger partial charge in [-0.3, -0.25) is 0 Å². The van der Waals surface area contributed by atoms with E-state index < -0.39 is 0 Å². The molecule has 0 aromatic carbocycles. The van der Waals surface area contributed by atoms with E-state index in [1.807, 2.05) is 0 Å². The average Bonchev–Trinajstić information content (AvgIpc) is 0. The van der Waals surface area contributed by atoms with E-state index in [1.165, 1.54) is 0 Å². The van der Waals surface area contributed by atoms with Crippen LogP contribution in [-0.2, 0) is 0 Å². The van der Waals surface area contributed by atoms with Crippen LogP contribution in [0.5, 0.6) is 0 Å². The third-order valence-electron chi connectivity index (χ3n) is 0. The molecule has 0 aromatic heterocycles. The molecule has 0 amide bonds. The van der Waals surface area contributed by atoms with Gasteiger partial charge in [-0.15, -0.1) is 0 Å². The molecule has 0 rings (SSSR count). The quantitative estimate of drug-likeness (QED) is 0.137. The van der Waals surface area contributed by atoms with Crippen LogP contribution in [-0.4, -0.2) is 0 Å². The van der Waals surface area contributed by atoms with Crippen LogP contribution in [0.25, 0.3) is 0 Å². The molecule has 0 radical (unpaired) electrons. The van der Waals surface area contributed by atoms with Crippen molar-refractivity contribution in [2.75, 3.05) is 0 Å². The van der Waals surface area contributed by atoms with Gasteiger partial charge in [-0.2, -0.15) is 0 Å². The van der Waals surface area contributed by atoms with Gasteiger partial charge in [-0.05, 0) is 0 Å². The summed E-state index contributed by atoms with van der Waals surface area (Å²) in [6, 6.07) is 0. The molecule has 0 aliphatic carbocycles. The van der Waals surface area contributed by atoms with Crippen molar-refractivity contribution >= 4 is 0 Å². The smallest absolute Gasteiger partial charge is 1.00 e. The molecule has 39 heteroatoms. The maximum atomic E-state index is 0. The van der Waals surface area contributed by atoms with Gasteiger partial charge in [0.25, 0.3) is 0 Å². The van der Waals surface area contributed by atoms with Crippen LogP contribution >= 0.6 is 0 Å². The Bertz CT molecular complexity index is 90.1. The van der Waals surface area contributed by atoms with Crippen LogP contribution in [0, 0.1) is 0 Å². The van der Waals surface area contributed by atoms with Crippen LogP contribution in [0.2, 0.25) is 0 Å². The van der Waals surface area contributed by atoms with Crippen LogP contribution in [0.4, 0.5) is 0 Å². The summed E-state index contributed by atoms with van der Waals surface area (Å²) in [4.78, 5) is 0. The molecule has 0 unspecified atom stereocenters. The fraction of sp³-hybridized carbons (Fsp3) is 0. The second-order valence-corrected chi connectivity index (χ2v) is 0. The van der Waals surface area contributed by atoms with Crippen molar-refractivity contribution in [2.24, 2.45) is 0 Å². The zero-order valence-corrected chi connectivity index (χ0v) is 32.8. The summed E-state index contributed by atoms with van der Waals surface area (Å²) in [5.74, 6) is 0. The molecule has 0 aliphatic heterocycles. The molecule has 21 nitrogen and oxygen atoms in total. The second-order valence-electron chi connectivity index (χ2n) is 0. The summed E-state index contributed by atoms with van der Waals surface area (Å²) in [6.45, 7) is 0. The minimum Gasteiger partial charge on any atom is -1.00 e. The Kier molecular flexibility index (Phi) is 31400. The van der Waals surface area contributed by atoms with Gasteiger partial charge < -0.3 is 155 Å². The van der Waals surface area contributed by atoms with E-state index >= 15 is 0 Å². The molecule has 0 heterocycles. The minimum absolute atomic E-state index is 0. The molecular weight excluding hydrogens is 419 g/mol. The van der Waals surface area contributed by atoms with E-state index in [0.29, 0.717) is 0 Å². The standard InChI is InChI=1S/18Li.21H3N.18H/h;;;;;;;;;;;;;;;;;;21*1H3;;;;;;;;;;;;;;;;;;/q18*+1;;;;;;;;;;;;;;;;;;;;;;18*-1. The molecule has 204 valence electrons. The van der Waals surface area contributed by atoms with Crippen molar-refractivity contribution in [1.82, 2.24) is 129 Å². The predicted octanol–water partition coefficient (Wildman–Crippen LogP) is -48.5. The first-order valence-corrected chi connectivity index (χ1v) is 0. The van der Waals surface area contributed by atoms with Gasteiger partial charge in [0.15, 0.2) is 0 Å². The fourth-order valence-corrected chi connectivity index (χ4v) is 0. The third-order valence-corrected chi connectivity index (χ3v) is 0. The first-order valence-electron chi connectivity index (χ1n) is 0. The van der Waals surface area contributed by atoms with Crippen molar-refractivity contribution < 1.29 is 365 Å². The number of hydrogen-bond acceptors (Lipinski definition) is 21. The molecular formula is H81Li18N21. The Morgan fingerprint density at radius 3 is 0.0769 bits per heavy atom. The summed E-state index contributed by atoms with van der Waals surface area (Å²) in [5.41, 5.74) is 0. The van der Waals surface area contributed by atoms with Gasteiger partial charge in [-0.1, -0.05) is 0 Å². The second kappa shape index (κ2) is 1070. The molecule has 39 heavy (non-hydrogen) atoms. The monoisotopic (exact) mass is 502 g/mol. The minimum atomic E-state index is 0. The van der Waals surface area contributed by atoms with Crippen LogP contribution in [0.15, 0.2) is 0 Å². The maximum Gasteiger partial charge on any atom is 1.00 e. The van der Waals surface area contributed by atoms with Crippen molar-refractivity contribution in [3.63, 3.8) is 0 Å². The summed E-state index contributed by atoms with van der Waals surface area (Å²) in [5, 5.41) is 0. The number of rotatable bonds is 0. The van der Waals surface area contributed by atoms with E-state index in [0.717, 1.165) is 0 Å². The first-order chi connectivity index (χ1) is 0. The van der Waals surface area contributed by atoms with E-state index in [2.05, 4.69) is 0 Å². The van der Waals surface area contributed by atoms with Crippen LogP contribution in [0.1, 0.15) is 25.7 Å². The van der Waals surface area contributed by atoms with Crippen molar-refractivity contribution in [2.45, 2.75) is 0 Å². The topological polar surface area (TPSA) is 735 Å². The van der Waals surface area contributed by atoms with Gasteiger partial charge in [0.05, 0.1) is 0 Å². The molecule has 0 saturated carbocycles. The maximum absolute atomic E-state index is 0. The Morgan fingerprint density at radius 2 is 0.0769 bits per heavy atom. The summed E-state index contributed by atoms with van der Waals surface area (Å²) in [6.07, 6.45) is 0. The Labute approximate surface area is 486 Å². The van der Waals surface area contributed by atoms with E-state index in [1.54, 1.807) is 0 Å². The van der Waals surface area contributed by atoms with Crippen LogP contribution < -0.4 is 469 Å². The zero-order chi connectivity index (χ0) is 0. The predicted molar refractivity (Wildman–Crippen MR) is 125 cm³/mol. The average molecular weight is 501 g/mol. The van der Waals surface area contributed by atoms with E-state index in [-0.39, 0.29) is 494 Å². The molecule has 0 aromatic rings. The Balaban J connectivity index is 0. The summed E-state index contributed by atoms with van der Waals surface area (Å²) in [7, 11) is 0. The first kappa shape index (κ1) is 1140.